The lowest BCUT2D eigenvalue weighted by molar-refractivity contribution is 0.137. The van der Waals surface area contributed by atoms with Crippen molar-refractivity contribution >= 4 is 23.2 Å². The lowest BCUT2D eigenvalue weighted by Crippen LogP contribution is -2.49. The van der Waals surface area contributed by atoms with E-state index in [9.17, 15) is 8.78 Å². The van der Waals surface area contributed by atoms with Crippen LogP contribution in [0.4, 0.5) is 14.6 Å². The second-order valence-electron chi connectivity index (χ2n) is 5.77. The fourth-order valence-electron chi connectivity index (χ4n) is 3.47. The second kappa shape index (κ2) is 5.64. The molecule has 8 heteroatoms. The molecule has 2 aliphatic rings. The van der Waals surface area contributed by atoms with Crippen LogP contribution in [0.3, 0.4) is 0 Å². The summed E-state index contributed by atoms with van der Waals surface area (Å²) >= 11 is 2.04. The maximum absolute atomic E-state index is 13.0. The Hall–Kier alpha value is -1.44. The molecule has 0 bridgehead atoms. The molecule has 2 fully saturated rings. The zero-order valence-electron chi connectivity index (χ0n) is 12.0. The Morgan fingerprint density at radius 1 is 1.18 bits per heavy atom. The molecule has 2 aromatic rings. The Labute approximate surface area is 131 Å². The first-order valence-electron chi connectivity index (χ1n) is 7.63. The summed E-state index contributed by atoms with van der Waals surface area (Å²) in [5.74, 6) is 1.43. The molecule has 0 N–H and O–H groups in total. The maximum Gasteiger partial charge on any atom is 0.299 e. The predicted molar refractivity (Wildman–Crippen MR) is 81.6 cm³/mol. The molecule has 118 valence electrons. The van der Waals surface area contributed by atoms with Crippen LogP contribution in [0.15, 0.2) is 12.1 Å². The highest BCUT2D eigenvalue weighted by Crippen LogP contribution is 2.37. The number of hydrogen-bond acceptors (Lipinski definition) is 5. The van der Waals surface area contributed by atoms with E-state index in [-0.39, 0.29) is 5.82 Å². The number of nitrogens with zero attached hydrogens (tertiary/aromatic N) is 5. The monoisotopic (exact) mass is 325 g/mol. The van der Waals surface area contributed by atoms with Gasteiger partial charge in [0.15, 0.2) is 5.65 Å². The van der Waals surface area contributed by atoms with E-state index in [1.807, 2.05) is 17.8 Å². The summed E-state index contributed by atoms with van der Waals surface area (Å²) in [6, 6.07) is 4.06. The molecule has 2 unspecified atom stereocenters. The molecule has 0 radical (unpaired) electrons. The third-order valence-electron chi connectivity index (χ3n) is 4.49. The number of thioether (sulfide) groups is 1. The first kappa shape index (κ1) is 14.2. The number of rotatable bonds is 2. The number of anilines is 1. The fraction of sp³-hybridized carbons (Fsp3) is 0.643. The van der Waals surface area contributed by atoms with Crippen LogP contribution in [0, 0.1) is 0 Å². The zero-order valence-corrected chi connectivity index (χ0v) is 12.8. The average Bonchev–Trinajstić information content (AvgIpc) is 2.97. The van der Waals surface area contributed by atoms with Crippen LogP contribution in [0.25, 0.3) is 5.65 Å². The molecule has 0 aromatic carbocycles. The molecule has 2 aromatic heterocycles. The molecule has 4 rings (SSSR count). The first-order valence-corrected chi connectivity index (χ1v) is 8.67. The van der Waals surface area contributed by atoms with E-state index in [2.05, 4.69) is 20.2 Å². The Morgan fingerprint density at radius 2 is 2.05 bits per heavy atom. The summed E-state index contributed by atoms with van der Waals surface area (Å²) in [5.41, 5.74) is 0.366. The molecular weight excluding hydrogens is 308 g/mol. The number of halogens is 2. The lowest BCUT2D eigenvalue weighted by atomic mass is 9.93. The van der Waals surface area contributed by atoms with E-state index in [0.29, 0.717) is 16.9 Å². The van der Waals surface area contributed by atoms with Crippen LogP contribution in [0.5, 0.6) is 0 Å². The van der Waals surface area contributed by atoms with Gasteiger partial charge in [0, 0.05) is 23.6 Å². The number of alkyl halides is 2. The van der Waals surface area contributed by atoms with Crippen molar-refractivity contribution in [2.75, 3.05) is 17.2 Å². The van der Waals surface area contributed by atoms with Crippen molar-refractivity contribution in [3.05, 3.63) is 18.0 Å². The van der Waals surface area contributed by atoms with E-state index in [0.717, 1.165) is 24.5 Å². The minimum atomic E-state index is -2.67. The third-order valence-corrected chi connectivity index (χ3v) is 5.89. The van der Waals surface area contributed by atoms with Crippen molar-refractivity contribution in [3.63, 3.8) is 0 Å². The van der Waals surface area contributed by atoms with Gasteiger partial charge in [-0.15, -0.1) is 15.3 Å². The van der Waals surface area contributed by atoms with Crippen molar-refractivity contribution in [3.8, 4) is 0 Å². The molecule has 0 spiro atoms. The number of aromatic nitrogens is 4. The van der Waals surface area contributed by atoms with Gasteiger partial charge in [0.1, 0.15) is 5.82 Å². The molecule has 1 saturated carbocycles. The van der Waals surface area contributed by atoms with Crippen molar-refractivity contribution in [1.29, 1.82) is 0 Å². The van der Waals surface area contributed by atoms with Gasteiger partial charge in [-0.3, -0.25) is 0 Å². The van der Waals surface area contributed by atoms with Crippen LogP contribution in [0.1, 0.15) is 37.9 Å². The Kier molecular flexibility index (Phi) is 3.63. The molecule has 0 amide bonds. The smallest absolute Gasteiger partial charge is 0.299 e. The highest BCUT2D eigenvalue weighted by Gasteiger charge is 2.34. The van der Waals surface area contributed by atoms with Gasteiger partial charge in [-0.05, 0) is 25.0 Å². The van der Waals surface area contributed by atoms with Gasteiger partial charge in [0.2, 0.25) is 5.82 Å². The zero-order chi connectivity index (χ0) is 15.1. The number of fused-ring (bicyclic) bond motifs is 2. The standard InChI is InChI=1S/C14H17F2N5S/c15-13(16)14-18-17-11-5-6-12(19-21(11)14)20-7-8-22-10-4-2-1-3-9(10)20/h5-6,9-10,13H,1-4,7-8H2. The Balaban J connectivity index is 1.71. The maximum atomic E-state index is 13.0. The van der Waals surface area contributed by atoms with E-state index in [1.54, 1.807) is 6.07 Å². The summed E-state index contributed by atoms with van der Waals surface area (Å²) in [5, 5.41) is 12.3. The van der Waals surface area contributed by atoms with Crippen LogP contribution in [-0.4, -0.2) is 43.4 Å². The summed E-state index contributed by atoms with van der Waals surface area (Å²) in [4.78, 5) is 2.29. The van der Waals surface area contributed by atoms with E-state index >= 15 is 0 Å². The molecule has 22 heavy (non-hydrogen) atoms. The summed E-state index contributed by atoms with van der Waals surface area (Å²) in [7, 11) is 0. The van der Waals surface area contributed by atoms with Crippen LogP contribution in [-0.2, 0) is 0 Å². The van der Waals surface area contributed by atoms with E-state index in [4.69, 9.17) is 0 Å². The van der Waals surface area contributed by atoms with Gasteiger partial charge in [-0.1, -0.05) is 12.8 Å². The normalized spacial score (nSPS) is 25.7. The highest BCUT2D eigenvalue weighted by atomic mass is 32.2. The van der Waals surface area contributed by atoms with Crippen molar-refractivity contribution in [1.82, 2.24) is 19.8 Å². The second-order valence-corrected chi connectivity index (χ2v) is 7.12. The summed E-state index contributed by atoms with van der Waals surface area (Å²) in [6.07, 6.45) is 2.24. The Bertz CT molecular complexity index is 674. The predicted octanol–water partition coefficient (Wildman–Crippen LogP) is 2.93. The first-order chi connectivity index (χ1) is 10.7. The summed E-state index contributed by atoms with van der Waals surface area (Å²) in [6.45, 7) is 0.913. The minimum Gasteiger partial charge on any atom is -0.350 e. The van der Waals surface area contributed by atoms with Crippen molar-refractivity contribution in [2.45, 2.75) is 43.4 Å². The highest BCUT2D eigenvalue weighted by molar-refractivity contribution is 8.00. The largest absolute Gasteiger partial charge is 0.350 e. The average molecular weight is 325 g/mol. The number of hydrogen-bond donors (Lipinski definition) is 0. The Morgan fingerprint density at radius 3 is 2.91 bits per heavy atom. The van der Waals surface area contributed by atoms with Gasteiger partial charge < -0.3 is 4.90 Å². The van der Waals surface area contributed by atoms with Crippen LogP contribution < -0.4 is 4.90 Å². The lowest BCUT2D eigenvalue weighted by Gasteiger charge is -2.44. The molecule has 3 heterocycles. The van der Waals surface area contributed by atoms with Gasteiger partial charge in [0.25, 0.3) is 6.43 Å². The third kappa shape index (κ3) is 2.33. The quantitative estimate of drug-likeness (QED) is 0.849. The molecule has 2 atom stereocenters. The topological polar surface area (TPSA) is 46.3 Å². The molecule has 1 saturated heterocycles. The SMILES string of the molecule is FC(F)c1nnc2ccc(N3CCSC4CCCCC43)nn12. The van der Waals surface area contributed by atoms with E-state index in [1.165, 1.54) is 23.8 Å². The minimum absolute atomic E-state index is 0.366. The van der Waals surface area contributed by atoms with Gasteiger partial charge >= 0.3 is 0 Å². The molecule has 1 aliphatic heterocycles. The van der Waals surface area contributed by atoms with Crippen molar-refractivity contribution < 1.29 is 8.78 Å². The molecule has 5 nitrogen and oxygen atoms in total. The fourth-order valence-corrected chi connectivity index (χ4v) is 4.91. The van der Waals surface area contributed by atoms with Crippen molar-refractivity contribution in [2.24, 2.45) is 0 Å². The van der Waals surface area contributed by atoms with Gasteiger partial charge in [0.05, 0.1) is 0 Å². The van der Waals surface area contributed by atoms with Crippen LogP contribution in [0.2, 0.25) is 0 Å². The molecular formula is C14H17F2N5S. The van der Waals surface area contributed by atoms with E-state index < -0.39 is 6.43 Å². The van der Waals surface area contributed by atoms with Gasteiger partial charge in [-0.2, -0.15) is 16.3 Å². The molecule has 1 aliphatic carbocycles. The van der Waals surface area contributed by atoms with Crippen LogP contribution >= 0.6 is 11.8 Å². The van der Waals surface area contributed by atoms with Gasteiger partial charge in [-0.25, -0.2) is 8.78 Å². The summed E-state index contributed by atoms with van der Waals surface area (Å²) < 4.78 is 27.2.